The highest BCUT2D eigenvalue weighted by Crippen LogP contribution is 2.42. The number of aliphatic hydroxyl groups is 2. The highest BCUT2D eigenvalue weighted by molar-refractivity contribution is 6.05. The summed E-state index contributed by atoms with van der Waals surface area (Å²) in [5, 5.41) is 30.9. The maximum atomic E-state index is 14.4. The van der Waals surface area contributed by atoms with Crippen LogP contribution in [0.4, 0.5) is 14.6 Å². The number of alkyl halides is 2. The summed E-state index contributed by atoms with van der Waals surface area (Å²) in [5.41, 5.74) is -1.13. The first-order chi connectivity index (χ1) is 19.6. The lowest BCUT2D eigenvalue weighted by molar-refractivity contribution is -0.140. The van der Waals surface area contributed by atoms with E-state index in [4.69, 9.17) is 9.84 Å². The molecule has 0 unspecified atom stereocenters. The molecule has 41 heavy (non-hydrogen) atoms. The van der Waals surface area contributed by atoms with Crippen LogP contribution < -0.4 is 11.0 Å². The Bertz CT molecular complexity index is 1240. The van der Waals surface area contributed by atoms with E-state index < -0.39 is 48.5 Å². The molecular weight excluding hydrogens is 542 g/mol. The van der Waals surface area contributed by atoms with Crippen molar-refractivity contribution < 1.29 is 38.4 Å². The van der Waals surface area contributed by atoms with Crippen LogP contribution in [0.5, 0.6) is 0 Å². The fourth-order valence-corrected chi connectivity index (χ4v) is 4.89. The first-order valence-electron chi connectivity index (χ1n) is 14.1. The van der Waals surface area contributed by atoms with Gasteiger partial charge < -0.3 is 25.4 Å². The van der Waals surface area contributed by atoms with Gasteiger partial charge in [0.05, 0.1) is 12.2 Å². The lowest BCUT2D eigenvalue weighted by atomic mass is 9.98. The van der Waals surface area contributed by atoms with Gasteiger partial charge in [0.25, 0.3) is 5.91 Å². The number of carboxylic acid groups (broad SMARTS) is 1. The van der Waals surface area contributed by atoms with Gasteiger partial charge in [-0.1, -0.05) is 64.7 Å². The zero-order valence-electron chi connectivity index (χ0n) is 23.1. The van der Waals surface area contributed by atoms with Gasteiger partial charge in [-0.05, 0) is 30.5 Å². The molecule has 2 aromatic heterocycles. The molecule has 1 aliphatic heterocycles. The molecule has 0 spiro atoms. The third kappa shape index (κ3) is 8.14. The molecule has 1 fully saturated rings. The number of aromatic nitrogens is 3. The number of unbranched alkanes of at least 4 members (excludes halogenated alkanes) is 9. The number of amides is 1. The Morgan fingerprint density at radius 3 is 2.27 bits per heavy atom. The summed E-state index contributed by atoms with van der Waals surface area (Å²) in [6.07, 6.45) is 7.24. The first-order valence-corrected chi connectivity index (χ1v) is 14.1. The molecule has 3 rings (SSSR count). The summed E-state index contributed by atoms with van der Waals surface area (Å²) in [5.74, 6) is -6.17. The number of aromatic carboxylic acids is 1. The predicted molar refractivity (Wildman–Crippen MR) is 145 cm³/mol. The summed E-state index contributed by atoms with van der Waals surface area (Å²) in [7, 11) is 0. The van der Waals surface area contributed by atoms with Gasteiger partial charge in [-0.2, -0.15) is 13.8 Å². The molecule has 0 radical (unpaired) electrons. The van der Waals surface area contributed by atoms with E-state index >= 15 is 0 Å². The number of ether oxygens (including phenoxy) is 1. The van der Waals surface area contributed by atoms with Crippen LogP contribution in [0.25, 0.3) is 0 Å². The molecule has 0 aliphatic carbocycles. The minimum atomic E-state index is -3.88. The number of carboxylic acids is 1. The number of hydrogen-bond acceptors (Lipinski definition) is 8. The maximum absolute atomic E-state index is 14.4. The summed E-state index contributed by atoms with van der Waals surface area (Å²) < 4.78 is 34.3. The van der Waals surface area contributed by atoms with Crippen molar-refractivity contribution in [2.45, 2.75) is 102 Å². The number of anilines is 1. The Hall–Kier alpha value is -3.29. The minimum absolute atomic E-state index is 0.0536. The van der Waals surface area contributed by atoms with Crippen LogP contribution in [-0.2, 0) is 11.2 Å². The molecular formula is C28H38F2N4O7. The van der Waals surface area contributed by atoms with Gasteiger partial charge in [0, 0.05) is 12.4 Å². The van der Waals surface area contributed by atoms with Crippen LogP contribution in [0.2, 0.25) is 0 Å². The molecule has 11 nitrogen and oxygen atoms in total. The second-order valence-electron chi connectivity index (χ2n) is 10.2. The number of rotatable bonds is 16. The zero-order chi connectivity index (χ0) is 30.0. The van der Waals surface area contributed by atoms with Gasteiger partial charge in [0.15, 0.2) is 6.10 Å². The van der Waals surface area contributed by atoms with Gasteiger partial charge >= 0.3 is 17.6 Å². The monoisotopic (exact) mass is 580 g/mol. The van der Waals surface area contributed by atoms with Crippen molar-refractivity contribution in [3.63, 3.8) is 0 Å². The Labute approximate surface area is 236 Å². The van der Waals surface area contributed by atoms with Crippen molar-refractivity contribution in [1.29, 1.82) is 0 Å². The van der Waals surface area contributed by atoms with E-state index in [0.717, 1.165) is 37.9 Å². The van der Waals surface area contributed by atoms with Crippen molar-refractivity contribution in [3.05, 3.63) is 51.8 Å². The Morgan fingerprint density at radius 1 is 1.07 bits per heavy atom. The molecule has 0 bridgehead atoms. The van der Waals surface area contributed by atoms with Gasteiger partial charge in [-0.3, -0.25) is 14.3 Å². The van der Waals surface area contributed by atoms with Gasteiger partial charge in [0.2, 0.25) is 6.23 Å². The number of carbonyl (C=O) groups is 2. The molecule has 226 valence electrons. The number of hydrogen-bond donors (Lipinski definition) is 4. The van der Waals surface area contributed by atoms with E-state index in [1.807, 2.05) is 0 Å². The van der Waals surface area contributed by atoms with Crippen molar-refractivity contribution in [1.82, 2.24) is 14.5 Å². The molecule has 0 saturated carbocycles. The van der Waals surface area contributed by atoms with Crippen LogP contribution in [0.15, 0.2) is 29.3 Å². The number of nitrogens with one attached hydrogen (secondary N) is 1. The molecule has 4 N–H and O–H groups in total. The lowest BCUT2D eigenvalue weighted by Gasteiger charge is -2.21. The minimum Gasteiger partial charge on any atom is -0.478 e. The summed E-state index contributed by atoms with van der Waals surface area (Å²) in [6, 6.07) is 2.40. The van der Waals surface area contributed by atoms with E-state index in [-0.39, 0.29) is 22.6 Å². The summed E-state index contributed by atoms with van der Waals surface area (Å²) in [6.45, 7) is 1.30. The van der Waals surface area contributed by atoms with E-state index in [9.17, 15) is 33.4 Å². The average Bonchev–Trinajstić information content (AvgIpc) is 3.17. The summed E-state index contributed by atoms with van der Waals surface area (Å²) in [4.78, 5) is 45.1. The topological polar surface area (TPSA) is 164 Å². The van der Waals surface area contributed by atoms with Crippen molar-refractivity contribution >= 4 is 17.7 Å². The highest BCUT2D eigenvalue weighted by Gasteiger charge is 2.59. The maximum Gasteiger partial charge on any atom is 0.351 e. The third-order valence-electron chi connectivity index (χ3n) is 7.17. The van der Waals surface area contributed by atoms with Crippen molar-refractivity contribution in [2.24, 2.45) is 0 Å². The number of nitrogens with zero attached hydrogens (tertiary/aromatic N) is 3. The van der Waals surface area contributed by atoms with Gasteiger partial charge in [0.1, 0.15) is 17.6 Å². The second-order valence-corrected chi connectivity index (χ2v) is 10.2. The standard InChI is InChI=1S/C28H38F2N4O7/c1-2-3-4-5-6-7-8-9-10-11-12-18-19(25(38)39)13-15-31-22(18)24(37)32-21-14-16-34(27(40)33-21)26-28(29,30)23(36)20(17-35)41-26/h13-16,20,23,26,35-36H,2-12,17H2,1H3,(H,38,39)(H,32,33,37,40)/t20-,23-,26-/m1/s1. The van der Waals surface area contributed by atoms with Gasteiger partial charge in [-0.15, -0.1) is 0 Å². The van der Waals surface area contributed by atoms with Crippen molar-refractivity contribution in [3.8, 4) is 0 Å². The number of pyridine rings is 1. The normalized spacial score (nSPS) is 19.8. The molecule has 1 saturated heterocycles. The first kappa shape index (κ1) is 32.2. The quantitative estimate of drug-likeness (QED) is 0.215. The average molecular weight is 581 g/mol. The lowest BCUT2D eigenvalue weighted by Crippen LogP contribution is -2.41. The SMILES string of the molecule is CCCCCCCCCCCCc1c(C(=O)O)ccnc1C(=O)Nc1ccn([C@@H]2O[C@H](CO)[C@@H](O)C2(F)F)c(=O)n1. The number of aliphatic hydroxyl groups excluding tert-OH is 2. The van der Waals surface area contributed by atoms with E-state index in [2.05, 4.69) is 22.2 Å². The van der Waals surface area contributed by atoms with Crippen molar-refractivity contribution in [2.75, 3.05) is 11.9 Å². The van der Waals surface area contributed by atoms with E-state index in [0.29, 0.717) is 17.4 Å². The molecule has 13 heteroatoms. The third-order valence-corrected chi connectivity index (χ3v) is 7.17. The highest BCUT2D eigenvalue weighted by atomic mass is 19.3. The summed E-state index contributed by atoms with van der Waals surface area (Å²) >= 11 is 0. The fourth-order valence-electron chi connectivity index (χ4n) is 4.89. The van der Waals surface area contributed by atoms with E-state index in [1.165, 1.54) is 44.4 Å². The molecule has 2 aromatic rings. The predicted octanol–water partition coefficient (Wildman–Crippen LogP) is 3.94. The Kier molecular flexibility index (Phi) is 11.9. The molecule has 3 atom stereocenters. The molecule has 1 aliphatic rings. The molecule has 3 heterocycles. The van der Waals surface area contributed by atoms with Gasteiger partial charge in [-0.25, -0.2) is 9.59 Å². The smallest absolute Gasteiger partial charge is 0.351 e. The number of halogens is 2. The molecule has 0 aromatic carbocycles. The fraction of sp³-hybridized carbons (Fsp3) is 0.607. The van der Waals surface area contributed by atoms with Crippen LogP contribution in [0.1, 0.15) is 104 Å². The zero-order valence-corrected chi connectivity index (χ0v) is 23.1. The van der Waals surface area contributed by atoms with Crippen LogP contribution in [-0.4, -0.2) is 66.5 Å². The Balaban J connectivity index is 1.65. The van der Waals surface area contributed by atoms with Crippen LogP contribution in [0, 0.1) is 0 Å². The van der Waals surface area contributed by atoms with Crippen LogP contribution in [0.3, 0.4) is 0 Å². The largest absolute Gasteiger partial charge is 0.478 e. The van der Waals surface area contributed by atoms with E-state index in [1.54, 1.807) is 0 Å². The molecule has 1 amide bonds. The second kappa shape index (κ2) is 15.1. The Morgan fingerprint density at radius 2 is 1.71 bits per heavy atom. The van der Waals surface area contributed by atoms with Crippen LogP contribution >= 0.6 is 0 Å². The number of carbonyl (C=O) groups excluding carboxylic acids is 1.